The van der Waals surface area contributed by atoms with E-state index < -0.39 is 28.9 Å². The van der Waals surface area contributed by atoms with E-state index in [1.165, 1.54) is 4.90 Å². The fraction of sp³-hybridized carbons (Fsp3) is 0.533. The van der Waals surface area contributed by atoms with E-state index in [4.69, 9.17) is 0 Å². The Morgan fingerprint density at radius 2 is 1.86 bits per heavy atom. The number of piperidine rings is 1. The van der Waals surface area contributed by atoms with Gasteiger partial charge in [0.25, 0.3) is 5.91 Å². The summed E-state index contributed by atoms with van der Waals surface area (Å²) in [5.74, 6) is -4.37. The molecule has 1 aliphatic rings. The van der Waals surface area contributed by atoms with Gasteiger partial charge in [-0.3, -0.25) is 4.79 Å². The second kappa shape index (κ2) is 8.39. The van der Waals surface area contributed by atoms with Gasteiger partial charge in [0.2, 0.25) is 0 Å². The number of nitrogens with zero attached hydrogens (tertiary/aromatic N) is 1. The van der Waals surface area contributed by atoms with Crippen molar-refractivity contribution < 1.29 is 18.0 Å². The van der Waals surface area contributed by atoms with Gasteiger partial charge < -0.3 is 10.2 Å². The van der Waals surface area contributed by atoms with Crippen LogP contribution in [0.25, 0.3) is 0 Å². The van der Waals surface area contributed by atoms with Crippen molar-refractivity contribution in [2.75, 3.05) is 26.2 Å². The van der Waals surface area contributed by atoms with Crippen molar-refractivity contribution in [3.8, 4) is 0 Å². The largest absolute Gasteiger partial charge is 0.339 e. The van der Waals surface area contributed by atoms with Crippen LogP contribution in [0.2, 0.25) is 0 Å². The van der Waals surface area contributed by atoms with Crippen LogP contribution in [0.4, 0.5) is 13.2 Å². The minimum atomic E-state index is -1.59. The van der Waals surface area contributed by atoms with Crippen molar-refractivity contribution in [1.82, 2.24) is 10.2 Å². The predicted octanol–water partition coefficient (Wildman–Crippen LogP) is 2.99. The molecule has 0 aromatic heterocycles. The number of hydrogen-bond acceptors (Lipinski definition) is 2. The normalized spacial score (nSPS) is 15.5. The van der Waals surface area contributed by atoms with Gasteiger partial charge in [0.05, 0.1) is 5.56 Å². The average molecular weight is 337 g/mol. The number of halogens is 4. The summed E-state index contributed by atoms with van der Waals surface area (Å²) in [7, 11) is 0. The lowest BCUT2D eigenvalue weighted by atomic mass is 9.96. The highest BCUT2D eigenvalue weighted by Crippen LogP contribution is 2.21. The molecule has 1 aromatic carbocycles. The molecular weight excluding hydrogens is 317 g/mol. The number of carbonyl (C=O) groups is 1. The third kappa shape index (κ3) is 4.14. The Hall–Kier alpha value is -1.27. The van der Waals surface area contributed by atoms with Gasteiger partial charge in [-0.2, -0.15) is 0 Å². The number of nitrogens with one attached hydrogen (secondary N) is 1. The summed E-state index contributed by atoms with van der Waals surface area (Å²) >= 11 is 0. The number of hydrogen-bond donors (Lipinski definition) is 1. The molecule has 1 aliphatic heterocycles. The highest BCUT2D eigenvalue weighted by Gasteiger charge is 2.26. The summed E-state index contributed by atoms with van der Waals surface area (Å²) in [5.41, 5.74) is -0.404. The van der Waals surface area contributed by atoms with Crippen LogP contribution in [0.5, 0.6) is 0 Å². The fourth-order valence-electron chi connectivity index (χ4n) is 2.55. The molecule has 0 saturated carbocycles. The standard InChI is InChI=1S/C15H19F3N2O.ClH/c1-2-19-9-10-5-7-20(8-6-10)15(21)11-3-4-12(16)14(18)13(11)17;/h3-4,10,19H,2,5-9H2,1H3;1H. The van der Waals surface area contributed by atoms with Crippen LogP contribution < -0.4 is 5.32 Å². The zero-order chi connectivity index (χ0) is 15.4. The van der Waals surface area contributed by atoms with Gasteiger partial charge in [-0.15, -0.1) is 12.4 Å². The highest BCUT2D eigenvalue weighted by molar-refractivity contribution is 5.94. The van der Waals surface area contributed by atoms with Crippen LogP contribution in [-0.4, -0.2) is 37.0 Å². The topological polar surface area (TPSA) is 32.3 Å². The lowest BCUT2D eigenvalue weighted by molar-refractivity contribution is 0.0684. The molecule has 0 aliphatic carbocycles. The molecule has 0 radical (unpaired) electrons. The van der Waals surface area contributed by atoms with Crippen molar-refractivity contribution in [3.63, 3.8) is 0 Å². The van der Waals surface area contributed by atoms with E-state index in [9.17, 15) is 18.0 Å². The Balaban J connectivity index is 0.00000242. The molecular formula is C15H20ClF3N2O. The van der Waals surface area contributed by atoms with Crippen LogP contribution in [0.15, 0.2) is 12.1 Å². The molecule has 0 unspecified atom stereocenters. The van der Waals surface area contributed by atoms with Gasteiger partial charge in [0.15, 0.2) is 17.5 Å². The Morgan fingerprint density at radius 3 is 2.45 bits per heavy atom. The second-order valence-electron chi connectivity index (χ2n) is 5.27. The molecule has 0 atom stereocenters. The first-order valence-electron chi connectivity index (χ1n) is 7.18. The second-order valence-corrected chi connectivity index (χ2v) is 5.27. The molecule has 1 amide bonds. The molecule has 0 bridgehead atoms. The van der Waals surface area contributed by atoms with Gasteiger partial charge in [-0.1, -0.05) is 6.92 Å². The molecule has 22 heavy (non-hydrogen) atoms. The smallest absolute Gasteiger partial charge is 0.256 e. The van der Waals surface area contributed by atoms with E-state index in [2.05, 4.69) is 5.32 Å². The van der Waals surface area contributed by atoms with Crippen LogP contribution in [0.1, 0.15) is 30.1 Å². The summed E-state index contributed by atoms with van der Waals surface area (Å²) in [6.45, 7) is 4.85. The van der Waals surface area contributed by atoms with Gasteiger partial charge in [-0.05, 0) is 44.0 Å². The summed E-state index contributed by atoms with van der Waals surface area (Å²) in [6.07, 6.45) is 1.65. The van der Waals surface area contributed by atoms with E-state index in [0.29, 0.717) is 19.0 Å². The first kappa shape index (κ1) is 18.8. The zero-order valence-electron chi connectivity index (χ0n) is 12.4. The van der Waals surface area contributed by atoms with Crippen LogP contribution in [0.3, 0.4) is 0 Å². The monoisotopic (exact) mass is 336 g/mol. The maximum absolute atomic E-state index is 13.6. The van der Waals surface area contributed by atoms with Gasteiger partial charge in [0.1, 0.15) is 0 Å². The van der Waals surface area contributed by atoms with E-state index in [1.54, 1.807) is 0 Å². The van der Waals surface area contributed by atoms with Gasteiger partial charge in [-0.25, -0.2) is 13.2 Å². The van der Waals surface area contributed by atoms with Gasteiger partial charge >= 0.3 is 0 Å². The maximum Gasteiger partial charge on any atom is 0.256 e. The van der Waals surface area contributed by atoms with E-state index in [0.717, 1.165) is 38.1 Å². The highest BCUT2D eigenvalue weighted by atomic mass is 35.5. The van der Waals surface area contributed by atoms with Crippen molar-refractivity contribution in [1.29, 1.82) is 0 Å². The van der Waals surface area contributed by atoms with Crippen molar-refractivity contribution in [2.24, 2.45) is 5.92 Å². The third-order valence-electron chi connectivity index (χ3n) is 3.85. The molecule has 0 spiro atoms. The lowest BCUT2D eigenvalue weighted by Crippen LogP contribution is -2.41. The number of amides is 1. The Bertz CT molecular complexity index is 520. The average Bonchev–Trinajstić information content (AvgIpc) is 2.51. The van der Waals surface area contributed by atoms with Crippen LogP contribution in [-0.2, 0) is 0 Å². The Kier molecular flexibility index (Phi) is 7.16. The molecule has 1 aromatic rings. The summed E-state index contributed by atoms with van der Waals surface area (Å²) in [4.78, 5) is 13.7. The molecule has 3 nitrogen and oxygen atoms in total. The van der Waals surface area contributed by atoms with Crippen molar-refractivity contribution >= 4 is 18.3 Å². The van der Waals surface area contributed by atoms with Gasteiger partial charge in [0, 0.05) is 13.1 Å². The molecule has 2 rings (SSSR count). The first-order valence-corrected chi connectivity index (χ1v) is 7.18. The lowest BCUT2D eigenvalue weighted by Gasteiger charge is -2.32. The molecule has 1 saturated heterocycles. The van der Waals surface area contributed by atoms with Crippen molar-refractivity contribution in [2.45, 2.75) is 19.8 Å². The molecule has 1 N–H and O–H groups in total. The van der Waals surface area contributed by atoms with Crippen LogP contribution in [0, 0.1) is 23.4 Å². The number of rotatable bonds is 4. The summed E-state index contributed by atoms with van der Waals surface area (Å²) in [5, 5.41) is 3.26. The minimum absolute atomic E-state index is 0. The van der Waals surface area contributed by atoms with E-state index in [1.807, 2.05) is 6.92 Å². The molecule has 1 heterocycles. The number of likely N-dealkylation sites (tertiary alicyclic amines) is 1. The minimum Gasteiger partial charge on any atom is -0.339 e. The zero-order valence-corrected chi connectivity index (χ0v) is 13.2. The first-order chi connectivity index (χ1) is 10.0. The number of benzene rings is 1. The van der Waals surface area contributed by atoms with Crippen LogP contribution >= 0.6 is 12.4 Å². The SMILES string of the molecule is CCNCC1CCN(C(=O)c2ccc(F)c(F)c2F)CC1.Cl. The summed E-state index contributed by atoms with van der Waals surface area (Å²) in [6, 6.07) is 1.78. The summed E-state index contributed by atoms with van der Waals surface area (Å²) < 4.78 is 39.7. The molecule has 7 heteroatoms. The predicted molar refractivity (Wildman–Crippen MR) is 80.7 cm³/mol. The number of carbonyl (C=O) groups excluding carboxylic acids is 1. The van der Waals surface area contributed by atoms with E-state index in [-0.39, 0.29) is 12.4 Å². The Morgan fingerprint density at radius 1 is 1.23 bits per heavy atom. The molecule has 124 valence electrons. The third-order valence-corrected chi connectivity index (χ3v) is 3.85. The Labute approximate surface area is 134 Å². The quantitative estimate of drug-likeness (QED) is 0.857. The molecule has 1 fully saturated rings. The van der Waals surface area contributed by atoms with Crippen molar-refractivity contribution in [3.05, 3.63) is 35.1 Å². The maximum atomic E-state index is 13.6. The van der Waals surface area contributed by atoms with E-state index >= 15 is 0 Å². The fourth-order valence-corrected chi connectivity index (χ4v) is 2.55.